The maximum atomic E-state index is 14.5. The number of amides is 2. The van der Waals surface area contributed by atoms with Gasteiger partial charge in [0.1, 0.15) is 11.5 Å². The Balaban J connectivity index is 0.00000336. The molecule has 1 aliphatic heterocycles. The predicted molar refractivity (Wildman–Crippen MR) is 150 cm³/mol. The number of hydrogen-bond acceptors (Lipinski definition) is 4. The highest BCUT2D eigenvalue weighted by atomic mass is 35.5. The first-order valence-corrected chi connectivity index (χ1v) is 12.4. The minimum absolute atomic E-state index is 0. The number of nitrogens with two attached hydrogens (primary N) is 1. The van der Waals surface area contributed by atoms with Crippen molar-refractivity contribution < 1.29 is 18.7 Å². The summed E-state index contributed by atoms with van der Waals surface area (Å²) < 4.78 is 21.7. The van der Waals surface area contributed by atoms with Crippen molar-refractivity contribution in [3.8, 4) is 0 Å². The van der Waals surface area contributed by atoms with Crippen molar-refractivity contribution in [2.24, 2.45) is 5.92 Å². The number of hydrogen-bond donors (Lipinski definition) is 3. The molecule has 4 N–H and O–H groups in total. The Morgan fingerprint density at radius 1 is 0.947 bits per heavy atom. The molecule has 198 valence electrons. The summed E-state index contributed by atoms with van der Waals surface area (Å²) >= 11 is 0. The quantitative estimate of drug-likeness (QED) is 0.258. The molecule has 38 heavy (non-hydrogen) atoms. The van der Waals surface area contributed by atoms with Gasteiger partial charge in [-0.1, -0.05) is 18.2 Å². The van der Waals surface area contributed by atoms with Crippen LogP contribution in [0.4, 0.5) is 21.5 Å². The van der Waals surface area contributed by atoms with Gasteiger partial charge in [0, 0.05) is 53.2 Å². The first-order valence-electron chi connectivity index (χ1n) is 12.4. The summed E-state index contributed by atoms with van der Waals surface area (Å²) in [7, 11) is 0. The maximum Gasteiger partial charge on any atom is 0.272 e. The van der Waals surface area contributed by atoms with Crippen molar-refractivity contribution in [3.05, 3.63) is 89.9 Å². The van der Waals surface area contributed by atoms with E-state index in [-0.39, 0.29) is 36.6 Å². The van der Waals surface area contributed by atoms with E-state index < -0.39 is 0 Å². The number of nitrogen functional groups attached to an aromatic ring is 1. The van der Waals surface area contributed by atoms with Gasteiger partial charge in [-0.15, -0.1) is 12.4 Å². The Morgan fingerprint density at radius 3 is 2.39 bits per heavy atom. The zero-order valence-electron chi connectivity index (χ0n) is 20.8. The molecule has 4 aromatic rings. The van der Waals surface area contributed by atoms with Gasteiger partial charge in [-0.05, 0) is 73.4 Å². The summed E-state index contributed by atoms with van der Waals surface area (Å²) in [5.41, 5.74) is 9.20. The number of aromatic nitrogens is 1. The number of carbonyl (C=O) groups is 2. The van der Waals surface area contributed by atoms with E-state index in [1.807, 2.05) is 18.2 Å². The Labute approximate surface area is 226 Å². The maximum absolute atomic E-state index is 14.5. The summed E-state index contributed by atoms with van der Waals surface area (Å²) in [5, 5.41) is 6.64. The molecule has 0 saturated carbocycles. The lowest BCUT2D eigenvalue weighted by Crippen LogP contribution is -2.22. The molecule has 0 spiro atoms. The minimum Gasteiger partial charge on any atom is -0.399 e. The highest BCUT2D eigenvalue weighted by Gasteiger charge is 2.20. The fourth-order valence-corrected chi connectivity index (χ4v) is 4.69. The molecule has 2 amide bonds. The predicted octanol–water partition coefficient (Wildman–Crippen LogP) is 5.84. The van der Waals surface area contributed by atoms with Crippen LogP contribution in [-0.4, -0.2) is 29.6 Å². The van der Waals surface area contributed by atoms with E-state index in [1.54, 1.807) is 53.1 Å². The second-order valence-corrected chi connectivity index (χ2v) is 9.36. The third kappa shape index (κ3) is 6.33. The van der Waals surface area contributed by atoms with E-state index in [2.05, 4.69) is 10.6 Å². The number of nitrogens with one attached hydrogen (secondary N) is 2. The Hall–Kier alpha value is -3.88. The van der Waals surface area contributed by atoms with Gasteiger partial charge in [0.25, 0.3) is 5.91 Å². The largest absolute Gasteiger partial charge is 0.399 e. The summed E-state index contributed by atoms with van der Waals surface area (Å²) in [5.74, 6) is -0.394. The number of ether oxygens (including phenoxy) is 1. The molecule has 0 aliphatic carbocycles. The van der Waals surface area contributed by atoms with Crippen LogP contribution in [0.1, 0.15) is 35.3 Å². The summed E-state index contributed by atoms with van der Waals surface area (Å²) in [6.07, 6.45) is 2.22. The van der Waals surface area contributed by atoms with E-state index in [4.69, 9.17) is 10.5 Å². The van der Waals surface area contributed by atoms with Crippen molar-refractivity contribution in [2.45, 2.75) is 25.8 Å². The molecule has 5 rings (SSSR count). The van der Waals surface area contributed by atoms with Crippen LogP contribution in [0.25, 0.3) is 10.9 Å². The van der Waals surface area contributed by atoms with Crippen molar-refractivity contribution in [2.75, 3.05) is 29.6 Å². The average Bonchev–Trinajstić information content (AvgIpc) is 3.25. The molecule has 0 unspecified atom stereocenters. The second-order valence-electron chi connectivity index (χ2n) is 9.36. The molecular formula is C29H30ClFN4O3. The van der Waals surface area contributed by atoms with Crippen LogP contribution in [0.3, 0.4) is 0 Å². The van der Waals surface area contributed by atoms with Gasteiger partial charge in [0.05, 0.1) is 6.54 Å². The zero-order chi connectivity index (χ0) is 25.8. The van der Waals surface area contributed by atoms with E-state index in [0.717, 1.165) is 23.7 Å². The van der Waals surface area contributed by atoms with Crippen molar-refractivity contribution in [1.82, 2.24) is 4.57 Å². The lowest BCUT2D eigenvalue weighted by Gasteiger charge is -2.21. The van der Waals surface area contributed by atoms with Gasteiger partial charge in [-0.2, -0.15) is 0 Å². The van der Waals surface area contributed by atoms with Gasteiger partial charge in [-0.25, -0.2) is 4.39 Å². The summed E-state index contributed by atoms with van der Waals surface area (Å²) in [6.45, 7) is 1.57. The Bertz CT molecular complexity index is 1430. The molecule has 9 heteroatoms. The molecule has 7 nitrogen and oxygen atoms in total. The molecule has 1 fully saturated rings. The molecule has 0 atom stereocenters. The van der Waals surface area contributed by atoms with Gasteiger partial charge in [0.15, 0.2) is 0 Å². The number of fused-ring (bicyclic) bond motifs is 1. The van der Waals surface area contributed by atoms with E-state index in [9.17, 15) is 14.0 Å². The highest BCUT2D eigenvalue weighted by molar-refractivity contribution is 6.07. The summed E-state index contributed by atoms with van der Waals surface area (Å²) in [6, 6.07) is 20.6. The van der Waals surface area contributed by atoms with Crippen molar-refractivity contribution in [1.29, 1.82) is 0 Å². The van der Waals surface area contributed by atoms with Crippen LogP contribution in [0.15, 0.2) is 72.8 Å². The Kier molecular flexibility index (Phi) is 8.66. The first kappa shape index (κ1) is 27.2. The van der Waals surface area contributed by atoms with Crippen molar-refractivity contribution in [3.63, 3.8) is 0 Å². The van der Waals surface area contributed by atoms with Gasteiger partial charge in [-0.3, -0.25) is 9.59 Å². The number of carbonyl (C=O) groups excluding carboxylic acids is 2. The SMILES string of the molecule is Cl.Nc1ccc(NC(=O)c2cc3cc(NC(=O)CC4CCOCC4)ccc3n2Cc2ccccc2F)cc1. The number of rotatable bonds is 7. The average molecular weight is 537 g/mol. The highest BCUT2D eigenvalue weighted by Crippen LogP contribution is 2.27. The standard InChI is InChI=1S/C29H29FN4O3.ClH/c30-25-4-2-1-3-20(25)18-34-26-10-9-24(32-28(35)15-19-11-13-37-14-12-19)16-21(26)17-27(34)29(36)33-23-7-5-22(31)6-8-23;/h1-10,16-17,19H,11-15,18,31H2,(H,32,35)(H,33,36);1H. The second kappa shape index (κ2) is 12.1. The van der Waals surface area contributed by atoms with Crippen molar-refractivity contribution >= 4 is 52.2 Å². The number of anilines is 3. The molecule has 1 saturated heterocycles. The van der Waals surface area contributed by atoms with E-state index in [0.29, 0.717) is 53.9 Å². The first-order chi connectivity index (χ1) is 18.0. The zero-order valence-corrected chi connectivity index (χ0v) is 21.6. The molecule has 2 heterocycles. The number of benzene rings is 3. The normalized spacial score (nSPS) is 13.6. The van der Waals surface area contributed by atoms with Crippen LogP contribution < -0.4 is 16.4 Å². The Morgan fingerprint density at radius 2 is 1.66 bits per heavy atom. The molecule has 1 aromatic heterocycles. The third-order valence-corrected chi connectivity index (χ3v) is 6.69. The molecule has 0 bridgehead atoms. The van der Waals surface area contributed by atoms with Crippen LogP contribution in [0.2, 0.25) is 0 Å². The monoisotopic (exact) mass is 536 g/mol. The molecule has 3 aromatic carbocycles. The molecule has 0 radical (unpaired) electrons. The molecule has 1 aliphatic rings. The van der Waals surface area contributed by atoms with Crippen LogP contribution >= 0.6 is 12.4 Å². The van der Waals surface area contributed by atoms with Crippen LogP contribution in [0.5, 0.6) is 0 Å². The van der Waals surface area contributed by atoms with Gasteiger partial charge in [0.2, 0.25) is 5.91 Å². The minimum atomic E-state index is -0.341. The topological polar surface area (TPSA) is 98.4 Å². The van der Waals surface area contributed by atoms with E-state index in [1.165, 1.54) is 6.07 Å². The fraction of sp³-hybridized carbons (Fsp3) is 0.241. The lowest BCUT2D eigenvalue weighted by molar-refractivity contribution is -0.117. The molecular weight excluding hydrogens is 507 g/mol. The van der Waals surface area contributed by atoms with Crippen LogP contribution in [-0.2, 0) is 16.1 Å². The van der Waals surface area contributed by atoms with Gasteiger partial charge < -0.3 is 25.7 Å². The smallest absolute Gasteiger partial charge is 0.272 e. The van der Waals surface area contributed by atoms with Gasteiger partial charge >= 0.3 is 0 Å². The number of halogens is 2. The number of nitrogens with zero attached hydrogens (tertiary/aromatic N) is 1. The third-order valence-electron chi connectivity index (χ3n) is 6.69. The summed E-state index contributed by atoms with van der Waals surface area (Å²) in [4.78, 5) is 25.9. The van der Waals surface area contributed by atoms with E-state index >= 15 is 0 Å². The fourth-order valence-electron chi connectivity index (χ4n) is 4.69. The lowest BCUT2D eigenvalue weighted by atomic mass is 9.96. The van der Waals surface area contributed by atoms with Crippen LogP contribution in [0, 0.1) is 11.7 Å².